The van der Waals surface area contributed by atoms with Gasteiger partial charge in [-0.25, -0.2) is 0 Å². The molecule has 0 radical (unpaired) electrons. The minimum Gasteiger partial charge on any atom is -0.301 e. The summed E-state index contributed by atoms with van der Waals surface area (Å²) in [6.07, 6.45) is 0.794. The van der Waals surface area contributed by atoms with E-state index in [0.29, 0.717) is 5.92 Å². The molecule has 13 heavy (non-hydrogen) atoms. The van der Waals surface area contributed by atoms with Gasteiger partial charge in [-0.1, -0.05) is 13.8 Å². The molecule has 1 atom stereocenters. The van der Waals surface area contributed by atoms with E-state index in [1.54, 1.807) is 6.92 Å². The van der Waals surface area contributed by atoms with Crippen LogP contribution in [0.4, 0.5) is 0 Å². The van der Waals surface area contributed by atoms with Gasteiger partial charge in [-0.15, -0.1) is 0 Å². The summed E-state index contributed by atoms with van der Waals surface area (Å²) >= 11 is 0. The number of hydrogen-bond acceptors (Lipinski definition) is 3. The van der Waals surface area contributed by atoms with Crippen LogP contribution in [0, 0.1) is 5.92 Å². The van der Waals surface area contributed by atoms with Gasteiger partial charge in [0.2, 0.25) is 0 Å². The normalized spacial score (nSPS) is 13.0. The Labute approximate surface area is 79.9 Å². The number of carbonyl (C=O) groups excluding carboxylic acids is 2. The van der Waals surface area contributed by atoms with Gasteiger partial charge in [0.25, 0.3) is 0 Å². The summed E-state index contributed by atoms with van der Waals surface area (Å²) in [4.78, 5) is 21.8. The van der Waals surface area contributed by atoms with Crippen molar-refractivity contribution in [2.45, 2.75) is 40.2 Å². The van der Waals surface area contributed by atoms with E-state index < -0.39 is 0 Å². The second-order valence-corrected chi connectivity index (χ2v) is 3.88. The molecule has 0 saturated heterocycles. The van der Waals surface area contributed by atoms with Gasteiger partial charge in [0, 0.05) is 0 Å². The maximum Gasteiger partial charge on any atom is 0.146 e. The average molecular weight is 185 g/mol. The summed E-state index contributed by atoms with van der Waals surface area (Å²) in [5.41, 5.74) is 0. The number of ketones is 2. The first-order chi connectivity index (χ1) is 5.93. The van der Waals surface area contributed by atoms with E-state index in [4.69, 9.17) is 0 Å². The SMILES string of the molecule is CC(=O)CNC(CC(C)C)C(C)=O. The molecule has 0 aromatic rings. The minimum absolute atomic E-state index is 0.0648. The molecule has 0 saturated carbocycles. The third-order valence-corrected chi connectivity index (χ3v) is 1.80. The summed E-state index contributed by atoms with van der Waals surface area (Å²) in [7, 11) is 0. The standard InChI is InChI=1S/C10H19NO2/c1-7(2)5-10(9(4)13)11-6-8(3)12/h7,10-11H,5-6H2,1-4H3. The van der Waals surface area contributed by atoms with Crippen LogP contribution in [0.5, 0.6) is 0 Å². The van der Waals surface area contributed by atoms with Crippen LogP contribution in [0.15, 0.2) is 0 Å². The highest BCUT2D eigenvalue weighted by Gasteiger charge is 2.15. The van der Waals surface area contributed by atoms with Gasteiger partial charge in [-0.05, 0) is 26.2 Å². The van der Waals surface area contributed by atoms with Crippen molar-refractivity contribution >= 4 is 11.6 Å². The van der Waals surface area contributed by atoms with Gasteiger partial charge in [-0.3, -0.25) is 9.59 Å². The molecule has 0 aliphatic heterocycles. The Balaban J connectivity index is 3.95. The molecule has 3 heteroatoms. The highest BCUT2D eigenvalue weighted by molar-refractivity contribution is 5.83. The summed E-state index contributed by atoms with van der Waals surface area (Å²) in [5, 5.41) is 2.95. The zero-order valence-corrected chi connectivity index (χ0v) is 8.89. The lowest BCUT2D eigenvalue weighted by atomic mass is 10.0. The van der Waals surface area contributed by atoms with E-state index in [-0.39, 0.29) is 24.2 Å². The lowest BCUT2D eigenvalue weighted by Gasteiger charge is -2.16. The number of rotatable bonds is 6. The second-order valence-electron chi connectivity index (χ2n) is 3.88. The molecule has 76 valence electrons. The van der Waals surface area contributed by atoms with Crippen molar-refractivity contribution in [2.75, 3.05) is 6.54 Å². The van der Waals surface area contributed by atoms with E-state index in [1.807, 2.05) is 0 Å². The molecular formula is C10H19NO2. The first-order valence-electron chi connectivity index (χ1n) is 4.66. The monoisotopic (exact) mass is 185 g/mol. The molecule has 0 spiro atoms. The maximum absolute atomic E-state index is 11.1. The van der Waals surface area contributed by atoms with E-state index >= 15 is 0 Å². The average Bonchev–Trinajstić information content (AvgIpc) is 1.96. The molecule has 0 amide bonds. The lowest BCUT2D eigenvalue weighted by molar-refractivity contribution is -0.120. The molecule has 0 aromatic carbocycles. The molecular weight excluding hydrogens is 166 g/mol. The fraction of sp³-hybridized carbons (Fsp3) is 0.800. The Morgan fingerprint density at radius 1 is 1.23 bits per heavy atom. The van der Waals surface area contributed by atoms with Crippen molar-refractivity contribution < 1.29 is 9.59 Å². The Morgan fingerprint density at radius 3 is 2.08 bits per heavy atom. The van der Waals surface area contributed by atoms with Gasteiger partial charge in [0.05, 0.1) is 12.6 Å². The van der Waals surface area contributed by atoms with Crippen molar-refractivity contribution in [1.29, 1.82) is 0 Å². The first-order valence-corrected chi connectivity index (χ1v) is 4.66. The van der Waals surface area contributed by atoms with Crippen molar-refractivity contribution in [2.24, 2.45) is 5.92 Å². The van der Waals surface area contributed by atoms with Crippen LogP contribution in [-0.2, 0) is 9.59 Å². The molecule has 1 unspecified atom stereocenters. The molecule has 0 heterocycles. The maximum atomic E-state index is 11.1. The highest BCUT2D eigenvalue weighted by atomic mass is 16.1. The zero-order valence-electron chi connectivity index (χ0n) is 8.89. The molecule has 0 bridgehead atoms. The molecule has 0 fully saturated rings. The quantitative estimate of drug-likeness (QED) is 0.675. The fourth-order valence-electron chi connectivity index (χ4n) is 1.13. The molecule has 0 aliphatic carbocycles. The number of nitrogens with one attached hydrogen (secondary N) is 1. The zero-order chi connectivity index (χ0) is 10.4. The molecule has 0 rings (SSSR count). The Morgan fingerprint density at radius 2 is 1.77 bits per heavy atom. The third kappa shape index (κ3) is 6.46. The van der Waals surface area contributed by atoms with Crippen molar-refractivity contribution in [3.05, 3.63) is 0 Å². The van der Waals surface area contributed by atoms with Gasteiger partial charge in [0.1, 0.15) is 11.6 Å². The van der Waals surface area contributed by atoms with Gasteiger partial charge >= 0.3 is 0 Å². The fourth-order valence-corrected chi connectivity index (χ4v) is 1.13. The van der Waals surface area contributed by atoms with Crippen molar-refractivity contribution in [3.63, 3.8) is 0 Å². The van der Waals surface area contributed by atoms with E-state index in [2.05, 4.69) is 19.2 Å². The van der Waals surface area contributed by atoms with Crippen LogP contribution < -0.4 is 5.32 Å². The molecule has 3 nitrogen and oxygen atoms in total. The smallest absolute Gasteiger partial charge is 0.146 e. The molecule has 1 N–H and O–H groups in total. The van der Waals surface area contributed by atoms with Gasteiger partial charge in [-0.2, -0.15) is 0 Å². The predicted molar refractivity (Wildman–Crippen MR) is 52.6 cm³/mol. The summed E-state index contributed by atoms with van der Waals surface area (Å²) < 4.78 is 0. The predicted octanol–water partition coefficient (Wildman–Crippen LogP) is 1.17. The second kappa shape index (κ2) is 5.86. The largest absolute Gasteiger partial charge is 0.301 e. The van der Waals surface area contributed by atoms with Crippen LogP contribution in [0.3, 0.4) is 0 Å². The van der Waals surface area contributed by atoms with Crippen LogP contribution in [0.1, 0.15) is 34.1 Å². The lowest BCUT2D eigenvalue weighted by Crippen LogP contribution is -2.39. The van der Waals surface area contributed by atoms with Crippen LogP contribution >= 0.6 is 0 Å². The van der Waals surface area contributed by atoms with Crippen LogP contribution in [0.25, 0.3) is 0 Å². The van der Waals surface area contributed by atoms with Gasteiger partial charge in [0.15, 0.2) is 0 Å². The van der Waals surface area contributed by atoms with Crippen LogP contribution in [-0.4, -0.2) is 24.2 Å². The Bertz CT molecular complexity index is 187. The van der Waals surface area contributed by atoms with Crippen LogP contribution in [0.2, 0.25) is 0 Å². The number of carbonyl (C=O) groups is 2. The summed E-state index contributed by atoms with van der Waals surface area (Å²) in [6.45, 7) is 7.48. The summed E-state index contributed by atoms with van der Waals surface area (Å²) in [5.74, 6) is 0.637. The topological polar surface area (TPSA) is 46.2 Å². The third-order valence-electron chi connectivity index (χ3n) is 1.80. The van der Waals surface area contributed by atoms with E-state index in [0.717, 1.165) is 6.42 Å². The van der Waals surface area contributed by atoms with E-state index in [1.165, 1.54) is 6.92 Å². The van der Waals surface area contributed by atoms with Gasteiger partial charge < -0.3 is 5.32 Å². The van der Waals surface area contributed by atoms with Crippen molar-refractivity contribution in [3.8, 4) is 0 Å². The molecule has 0 aliphatic rings. The number of hydrogen-bond donors (Lipinski definition) is 1. The Kier molecular flexibility index (Phi) is 5.55. The summed E-state index contributed by atoms with van der Waals surface area (Å²) in [6, 6.07) is -0.163. The highest BCUT2D eigenvalue weighted by Crippen LogP contribution is 2.05. The molecule has 0 aromatic heterocycles. The first kappa shape index (κ1) is 12.3. The number of Topliss-reactive ketones (excluding diaryl/α,β-unsaturated/α-hetero) is 2. The van der Waals surface area contributed by atoms with E-state index in [9.17, 15) is 9.59 Å². The van der Waals surface area contributed by atoms with Crippen molar-refractivity contribution in [1.82, 2.24) is 5.32 Å². The minimum atomic E-state index is -0.163. The Hall–Kier alpha value is -0.700.